The third kappa shape index (κ3) is 3.54. The fraction of sp³-hybridized carbons (Fsp3) is 0.0833. The molecule has 3 aromatic carbocycles. The van der Waals surface area contributed by atoms with E-state index in [1.165, 1.54) is 13.2 Å². The van der Waals surface area contributed by atoms with E-state index in [1.807, 2.05) is 0 Å². The third-order valence-electron chi connectivity index (χ3n) is 5.07. The van der Waals surface area contributed by atoms with Gasteiger partial charge in [-0.25, -0.2) is 8.78 Å². The number of halogens is 2. The number of aliphatic hydroxyl groups is 1. The number of ether oxygens (including phenoxy) is 1. The minimum atomic E-state index is -1.15. The SMILES string of the molecule is COc1cccc(/C(O)=C2\C(=O)C(=O)N(c3cc(F)ccc3F)C2c2ccccc2)c1. The highest BCUT2D eigenvalue weighted by atomic mass is 19.1. The molecule has 5 nitrogen and oxygen atoms in total. The molecule has 31 heavy (non-hydrogen) atoms. The molecule has 0 saturated carbocycles. The molecule has 1 atom stereocenters. The summed E-state index contributed by atoms with van der Waals surface area (Å²) in [5.41, 5.74) is 0.0848. The van der Waals surface area contributed by atoms with Crippen molar-refractivity contribution >= 4 is 23.1 Å². The smallest absolute Gasteiger partial charge is 0.300 e. The molecule has 1 unspecified atom stereocenters. The van der Waals surface area contributed by atoms with Crippen LogP contribution in [0.25, 0.3) is 5.76 Å². The first kappa shape index (κ1) is 20.3. The van der Waals surface area contributed by atoms with Gasteiger partial charge in [-0.15, -0.1) is 0 Å². The van der Waals surface area contributed by atoms with Crippen molar-refractivity contribution in [3.05, 3.63) is 101 Å². The maximum atomic E-state index is 14.6. The summed E-state index contributed by atoms with van der Waals surface area (Å²) < 4.78 is 33.6. The molecule has 3 aromatic rings. The minimum Gasteiger partial charge on any atom is -0.507 e. The van der Waals surface area contributed by atoms with Gasteiger partial charge in [-0.2, -0.15) is 0 Å². The lowest BCUT2D eigenvalue weighted by molar-refractivity contribution is -0.132. The number of carbonyl (C=O) groups excluding carboxylic acids is 2. The highest BCUT2D eigenvalue weighted by molar-refractivity contribution is 6.51. The average Bonchev–Trinajstić information content (AvgIpc) is 3.06. The number of ketones is 1. The van der Waals surface area contributed by atoms with E-state index in [4.69, 9.17) is 4.74 Å². The van der Waals surface area contributed by atoms with Crippen LogP contribution in [-0.4, -0.2) is 23.9 Å². The molecular weight excluding hydrogens is 404 g/mol. The molecule has 0 spiro atoms. The highest BCUT2D eigenvalue weighted by Gasteiger charge is 2.47. The lowest BCUT2D eigenvalue weighted by Crippen LogP contribution is -2.30. The second kappa shape index (κ2) is 8.02. The van der Waals surface area contributed by atoms with Gasteiger partial charge in [0.2, 0.25) is 0 Å². The molecule has 7 heteroatoms. The first-order chi connectivity index (χ1) is 14.9. The Kier molecular flexibility index (Phi) is 5.25. The molecule has 1 amide bonds. The molecule has 0 bridgehead atoms. The number of aliphatic hydroxyl groups excluding tert-OH is 1. The second-order valence-corrected chi connectivity index (χ2v) is 6.91. The standard InChI is InChI=1S/C24H17F2NO4/c1-31-17-9-5-8-15(12-17)22(28)20-21(14-6-3-2-4-7-14)27(24(30)23(20)29)19-13-16(25)10-11-18(19)26/h2-13,21,28H,1H3/b22-20+. The summed E-state index contributed by atoms with van der Waals surface area (Å²) in [4.78, 5) is 26.8. The number of carbonyl (C=O) groups is 2. The molecule has 1 heterocycles. The van der Waals surface area contributed by atoms with Crippen LogP contribution >= 0.6 is 0 Å². The normalized spacial score (nSPS) is 17.8. The summed E-state index contributed by atoms with van der Waals surface area (Å²) in [5, 5.41) is 11.0. The zero-order valence-electron chi connectivity index (χ0n) is 16.4. The lowest BCUT2D eigenvalue weighted by Gasteiger charge is -2.25. The Morgan fingerprint density at radius 2 is 1.71 bits per heavy atom. The molecule has 156 valence electrons. The number of nitrogens with zero attached hydrogens (tertiary/aromatic N) is 1. The van der Waals surface area contributed by atoms with E-state index < -0.39 is 35.1 Å². The number of hydrogen-bond donors (Lipinski definition) is 1. The number of Topliss-reactive ketones (excluding diaryl/α,β-unsaturated/α-hetero) is 1. The van der Waals surface area contributed by atoms with Gasteiger partial charge in [0.15, 0.2) is 0 Å². The summed E-state index contributed by atoms with van der Waals surface area (Å²) in [7, 11) is 1.45. The van der Waals surface area contributed by atoms with Crippen LogP contribution < -0.4 is 9.64 Å². The Bertz CT molecular complexity index is 1210. The summed E-state index contributed by atoms with van der Waals surface area (Å²) in [5.74, 6) is -3.71. The van der Waals surface area contributed by atoms with Crippen LogP contribution in [0.15, 0.2) is 78.4 Å². The topological polar surface area (TPSA) is 66.8 Å². The molecule has 1 fully saturated rings. The highest BCUT2D eigenvalue weighted by Crippen LogP contribution is 2.43. The van der Waals surface area contributed by atoms with Crippen LogP contribution in [0.3, 0.4) is 0 Å². The van der Waals surface area contributed by atoms with Gasteiger partial charge in [-0.05, 0) is 29.8 Å². The first-order valence-corrected chi connectivity index (χ1v) is 9.38. The van der Waals surface area contributed by atoms with Gasteiger partial charge < -0.3 is 9.84 Å². The van der Waals surface area contributed by atoms with E-state index in [1.54, 1.807) is 48.5 Å². The van der Waals surface area contributed by atoms with Crippen molar-refractivity contribution < 1.29 is 28.2 Å². The van der Waals surface area contributed by atoms with E-state index >= 15 is 0 Å². The van der Waals surface area contributed by atoms with Crippen LogP contribution in [0.5, 0.6) is 5.75 Å². The fourth-order valence-electron chi connectivity index (χ4n) is 3.63. The maximum Gasteiger partial charge on any atom is 0.300 e. The van der Waals surface area contributed by atoms with Crippen molar-refractivity contribution in [2.24, 2.45) is 0 Å². The number of anilines is 1. The van der Waals surface area contributed by atoms with Crippen LogP contribution in [0.1, 0.15) is 17.2 Å². The largest absolute Gasteiger partial charge is 0.507 e. The predicted octanol–water partition coefficient (Wildman–Crippen LogP) is 4.60. The average molecular weight is 421 g/mol. The van der Waals surface area contributed by atoms with Crippen LogP contribution in [-0.2, 0) is 9.59 Å². The maximum absolute atomic E-state index is 14.6. The van der Waals surface area contributed by atoms with Crippen molar-refractivity contribution in [2.75, 3.05) is 12.0 Å². The molecule has 0 radical (unpaired) electrons. The molecule has 0 aromatic heterocycles. The van der Waals surface area contributed by atoms with Crippen LogP contribution in [0.4, 0.5) is 14.5 Å². The minimum absolute atomic E-state index is 0.229. The van der Waals surface area contributed by atoms with Gasteiger partial charge in [0, 0.05) is 11.6 Å². The zero-order valence-corrected chi connectivity index (χ0v) is 16.4. The monoisotopic (exact) mass is 421 g/mol. The van der Waals surface area contributed by atoms with Gasteiger partial charge in [-0.3, -0.25) is 14.5 Å². The summed E-state index contributed by atoms with van der Waals surface area (Å²) in [6.07, 6.45) is 0. The predicted molar refractivity (Wildman–Crippen MR) is 111 cm³/mol. The number of benzene rings is 3. The lowest BCUT2D eigenvalue weighted by atomic mass is 9.95. The van der Waals surface area contributed by atoms with Crippen molar-refractivity contribution in [3.63, 3.8) is 0 Å². The first-order valence-electron chi connectivity index (χ1n) is 9.38. The Morgan fingerprint density at radius 3 is 2.42 bits per heavy atom. The van der Waals surface area contributed by atoms with Gasteiger partial charge in [0.05, 0.1) is 24.4 Å². The number of methoxy groups -OCH3 is 1. The van der Waals surface area contributed by atoms with Gasteiger partial charge >= 0.3 is 0 Å². The van der Waals surface area contributed by atoms with Crippen molar-refractivity contribution in [2.45, 2.75) is 6.04 Å². The second-order valence-electron chi connectivity index (χ2n) is 6.91. The van der Waals surface area contributed by atoms with E-state index in [9.17, 15) is 23.5 Å². The molecule has 1 saturated heterocycles. The van der Waals surface area contributed by atoms with Crippen molar-refractivity contribution in [3.8, 4) is 5.75 Å². The number of hydrogen-bond acceptors (Lipinski definition) is 4. The fourth-order valence-corrected chi connectivity index (χ4v) is 3.63. The molecule has 0 aliphatic carbocycles. The van der Waals surface area contributed by atoms with Gasteiger partial charge in [0.25, 0.3) is 11.7 Å². The Hall–Kier alpha value is -4.00. The van der Waals surface area contributed by atoms with Crippen molar-refractivity contribution in [1.82, 2.24) is 0 Å². The van der Waals surface area contributed by atoms with Gasteiger partial charge in [-0.1, -0.05) is 42.5 Å². The van der Waals surface area contributed by atoms with Crippen LogP contribution in [0, 0.1) is 11.6 Å². The van der Waals surface area contributed by atoms with E-state index in [2.05, 4.69) is 0 Å². The van der Waals surface area contributed by atoms with Crippen molar-refractivity contribution in [1.29, 1.82) is 0 Å². The Labute approximate surface area is 176 Å². The molecular formula is C24H17F2NO4. The molecule has 1 aliphatic rings. The Morgan fingerprint density at radius 1 is 0.968 bits per heavy atom. The van der Waals surface area contributed by atoms with E-state index in [0.29, 0.717) is 11.3 Å². The van der Waals surface area contributed by atoms with Crippen LogP contribution in [0.2, 0.25) is 0 Å². The molecule has 4 rings (SSSR count). The summed E-state index contributed by atoms with van der Waals surface area (Å²) >= 11 is 0. The molecule has 1 N–H and O–H groups in total. The molecule has 1 aliphatic heterocycles. The number of rotatable bonds is 4. The zero-order chi connectivity index (χ0) is 22.1. The van der Waals surface area contributed by atoms with Gasteiger partial charge in [0.1, 0.15) is 23.1 Å². The summed E-state index contributed by atoms with van der Waals surface area (Å²) in [6.45, 7) is 0. The summed E-state index contributed by atoms with van der Waals surface area (Å²) in [6, 6.07) is 16.2. The number of amides is 1. The third-order valence-corrected chi connectivity index (χ3v) is 5.07. The quantitative estimate of drug-likeness (QED) is 0.380. The van der Waals surface area contributed by atoms with E-state index in [0.717, 1.165) is 23.1 Å². The Balaban J connectivity index is 1.97. The van der Waals surface area contributed by atoms with E-state index in [-0.39, 0.29) is 16.8 Å².